The van der Waals surface area contributed by atoms with Crippen LogP contribution in [0.2, 0.25) is 0 Å². The fraction of sp³-hybridized carbons (Fsp3) is 0.421. The number of benzene rings is 1. The number of hydrogen-bond donors (Lipinski definition) is 1. The minimum Gasteiger partial charge on any atom is -0.326 e. The Morgan fingerprint density at radius 3 is 2.38 bits per heavy atom. The van der Waals surface area contributed by atoms with E-state index in [2.05, 4.69) is 5.32 Å². The van der Waals surface area contributed by atoms with Gasteiger partial charge in [-0.25, -0.2) is 0 Å². The van der Waals surface area contributed by atoms with Gasteiger partial charge in [0.2, 0.25) is 17.7 Å². The highest BCUT2D eigenvalue weighted by Crippen LogP contribution is 2.35. The van der Waals surface area contributed by atoms with Crippen molar-refractivity contribution in [2.45, 2.75) is 32.6 Å². The largest absolute Gasteiger partial charge is 0.326 e. The van der Waals surface area contributed by atoms with E-state index < -0.39 is 0 Å². The first-order chi connectivity index (χ1) is 11.6. The summed E-state index contributed by atoms with van der Waals surface area (Å²) in [6, 6.07) is 7.59. The standard InChI is InChI=1S/C19H22N2O3/c1-13-7-2-5-10-16(13)20-17(22)11-6-12-21-18(23)14-8-3-4-9-15(14)19(21)24/h2-5,7,10,14-15H,6,8-9,11-12H2,1H3,(H,20,22)/t14-,15-/m0/s1. The summed E-state index contributed by atoms with van der Waals surface area (Å²) in [5.41, 5.74) is 1.81. The number of amides is 3. The lowest BCUT2D eigenvalue weighted by Gasteiger charge is -2.14. The third-order valence-electron chi connectivity index (χ3n) is 4.80. The van der Waals surface area contributed by atoms with Crippen molar-refractivity contribution in [3.05, 3.63) is 42.0 Å². The molecule has 5 heteroatoms. The van der Waals surface area contributed by atoms with Gasteiger partial charge in [-0.3, -0.25) is 19.3 Å². The first-order valence-corrected chi connectivity index (χ1v) is 8.43. The third kappa shape index (κ3) is 3.25. The van der Waals surface area contributed by atoms with E-state index in [4.69, 9.17) is 0 Å². The Bertz CT molecular complexity index is 670. The summed E-state index contributed by atoms with van der Waals surface area (Å²) in [4.78, 5) is 38.1. The monoisotopic (exact) mass is 326 g/mol. The minimum absolute atomic E-state index is 0.0753. The second-order valence-electron chi connectivity index (χ2n) is 6.45. The van der Waals surface area contributed by atoms with E-state index in [9.17, 15) is 14.4 Å². The number of nitrogens with one attached hydrogen (secondary N) is 1. The number of carbonyl (C=O) groups is 3. The van der Waals surface area contributed by atoms with Crippen LogP contribution in [0.3, 0.4) is 0 Å². The molecule has 3 amide bonds. The molecule has 0 spiro atoms. The summed E-state index contributed by atoms with van der Waals surface area (Å²) in [5.74, 6) is -0.628. The maximum atomic E-state index is 12.3. The molecule has 0 aromatic heterocycles. The molecule has 3 rings (SSSR count). The highest BCUT2D eigenvalue weighted by Gasteiger charge is 2.46. The molecule has 1 saturated heterocycles. The zero-order valence-electron chi connectivity index (χ0n) is 13.8. The number of likely N-dealkylation sites (tertiary alicyclic amines) is 1. The molecule has 1 aliphatic heterocycles. The van der Waals surface area contributed by atoms with Gasteiger partial charge in [0.1, 0.15) is 0 Å². The third-order valence-corrected chi connectivity index (χ3v) is 4.80. The van der Waals surface area contributed by atoms with Crippen LogP contribution >= 0.6 is 0 Å². The quantitative estimate of drug-likeness (QED) is 0.668. The van der Waals surface area contributed by atoms with Crippen molar-refractivity contribution in [2.75, 3.05) is 11.9 Å². The van der Waals surface area contributed by atoms with Crippen molar-refractivity contribution in [2.24, 2.45) is 11.8 Å². The molecule has 24 heavy (non-hydrogen) atoms. The van der Waals surface area contributed by atoms with Crippen LogP contribution < -0.4 is 5.32 Å². The number of hydrogen-bond acceptors (Lipinski definition) is 3. The molecule has 1 aromatic rings. The van der Waals surface area contributed by atoms with Crippen LogP contribution in [0.25, 0.3) is 0 Å². The van der Waals surface area contributed by atoms with E-state index in [0.717, 1.165) is 11.3 Å². The molecule has 126 valence electrons. The Hall–Kier alpha value is -2.43. The van der Waals surface area contributed by atoms with Crippen LogP contribution in [0, 0.1) is 18.8 Å². The van der Waals surface area contributed by atoms with Gasteiger partial charge >= 0.3 is 0 Å². The summed E-state index contributed by atoms with van der Waals surface area (Å²) >= 11 is 0. The van der Waals surface area contributed by atoms with Gasteiger partial charge in [-0.2, -0.15) is 0 Å². The number of anilines is 1. The Morgan fingerprint density at radius 1 is 1.12 bits per heavy atom. The number of para-hydroxylation sites is 1. The average molecular weight is 326 g/mol. The molecule has 1 fully saturated rings. The topological polar surface area (TPSA) is 66.5 Å². The molecule has 0 radical (unpaired) electrons. The summed E-state index contributed by atoms with van der Waals surface area (Å²) in [6.07, 6.45) is 6.04. The first-order valence-electron chi connectivity index (χ1n) is 8.43. The van der Waals surface area contributed by atoms with Crippen molar-refractivity contribution in [1.82, 2.24) is 4.90 Å². The summed E-state index contributed by atoms with van der Waals surface area (Å²) in [7, 11) is 0. The van der Waals surface area contributed by atoms with E-state index in [1.165, 1.54) is 4.90 Å². The number of rotatable bonds is 5. The molecule has 0 unspecified atom stereocenters. The van der Waals surface area contributed by atoms with Crippen LogP contribution in [-0.4, -0.2) is 29.2 Å². The molecule has 1 heterocycles. The first kappa shape index (κ1) is 16.4. The SMILES string of the molecule is Cc1ccccc1NC(=O)CCCN1C(=O)[C@H]2CC=CC[C@@H]2C1=O. The van der Waals surface area contributed by atoms with Gasteiger partial charge in [0.15, 0.2) is 0 Å². The zero-order chi connectivity index (χ0) is 17.1. The lowest BCUT2D eigenvalue weighted by Crippen LogP contribution is -2.32. The lowest BCUT2D eigenvalue weighted by molar-refractivity contribution is -0.140. The molecule has 1 aromatic carbocycles. The van der Waals surface area contributed by atoms with E-state index >= 15 is 0 Å². The van der Waals surface area contributed by atoms with Crippen LogP contribution in [0.1, 0.15) is 31.2 Å². The molecular weight excluding hydrogens is 304 g/mol. The molecule has 2 atom stereocenters. The fourth-order valence-corrected chi connectivity index (χ4v) is 3.41. The second kappa shape index (κ2) is 6.99. The van der Waals surface area contributed by atoms with Crippen LogP contribution in [0.15, 0.2) is 36.4 Å². The molecule has 0 saturated carbocycles. The van der Waals surface area contributed by atoms with Crippen LogP contribution in [0.5, 0.6) is 0 Å². The van der Waals surface area contributed by atoms with Crippen molar-refractivity contribution >= 4 is 23.4 Å². The highest BCUT2D eigenvalue weighted by atomic mass is 16.2. The smallest absolute Gasteiger partial charge is 0.233 e. The van der Waals surface area contributed by atoms with E-state index in [0.29, 0.717) is 32.2 Å². The van der Waals surface area contributed by atoms with Gasteiger partial charge in [0.05, 0.1) is 11.8 Å². The fourth-order valence-electron chi connectivity index (χ4n) is 3.41. The average Bonchev–Trinajstić information content (AvgIpc) is 2.82. The summed E-state index contributed by atoms with van der Waals surface area (Å²) in [5, 5.41) is 2.87. The molecule has 2 aliphatic rings. The van der Waals surface area contributed by atoms with Gasteiger partial charge in [-0.1, -0.05) is 30.4 Å². The number of allylic oxidation sites excluding steroid dienone is 2. The van der Waals surface area contributed by atoms with Crippen LogP contribution in [-0.2, 0) is 14.4 Å². The Kier molecular flexibility index (Phi) is 4.79. The van der Waals surface area contributed by atoms with Crippen LogP contribution in [0.4, 0.5) is 5.69 Å². The van der Waals surface area contributed by atoms with Crippen molar-refractivity contribution < 1.29 is 14.4 Å². The Morgan fingerprint density at radius 2 is 1.75 bits per heavy atom. The maximum absolute atomic E-state index is 12.3. The number of nitrogens with zero attached hydrogens (tertiary/aromatic N) is 1. The van der Waals surface area contributed by atoms with Crippen molar-refractivity contribution in [3.8, 4) is 0 Å². The summed E-state index contributed by atoms with van der Waals surface area (Å²) in [6.45, 7) is 2.26. The number of fused-ring (bicyclic) bond motifs is 1. The van der Waals surface area contributed by atoms with Gasteiger partial charge in [0.25, 0.3) is 0 Å². The molecule has 1 N–H and O–H groups in total. The van der Waals surface area contributed by atoms with Gasteiger partial charge in [0, 0.05) is 18.7 Å². The molecule has 1 aliphatic carbocycles. The van der Waals surface area contributed by atoms with Gasteiger partial charge < -0.3 is 5.32 Å². The van der Waals surface area contributed by atoms with Gasteiger partial charge in [-0.05, 0) is 37.8 Å². The second-order valence-corrected chi connectivity index (χ2v) is 6.45. The Balaban J connectivity index is 1.50. The molecule has 5 nitrogen and oxygen atoms in total. The minimum atomic E-state index is -0.191. The van der Waals surface area contributed by atoms with Crippen molar-refractivity contribution in [1.29, 1.82) is 0 Å². The highest BCUT2D eigenvalue weighted by molar-refractivity contribution is 6.05. The van der Waals surface area contributed by atoms with Crippen molar-refractivity contribution in [3.63, 3.8) is 0 Å². The normalized spacial score (nSPS) is 22.6. The van der Waals surface area contributed by atoms with Gasteiger partial charge in [-0.15, -0.1) is 0 Å². The predicted molar refractivity (Wildman–Crippen MR) is 91.1 cm³/mol. The molecule has 0 bridgehead atoms. The van der Waals surface area contributed by atoms with E-state index in [1.54, 1.807) is 0 Å². The predicted octanol–water partition coefficient (Wildman–Crippen LogP) is 2.66. The zero-order valence-corrected chi connectivity index (χ0v) is 13.8. The number of aryl methyl sites for hydroxylation is 1. The maximum Gasteiger partial charge on any atom is 0.233 e. The van der Waals surface area contributed by atoms with E-state index in [-0.39, 0.29) is 29.6 Å². The summed E-state index contributed by atoms with van der Waals surface area (Å²) < 4.78 is 0. The number of carbonyl (C=O) groups excluding carboxylic acids is 3. The van der Waals surface area contributed by atoms with E-state index in [1.807, 2.05) is 43.3 Å². The number of imide groups is 1. The molecular formula is C19H22N2O3. The lowest BCUT2D eigenvalue weighted by atomic mass is 9.85. The Labute approximate surface area is 141 Å².